The van der Waals surface area contributed by atoms with Gasteiger partial charge in [-0.15, -0.1) is 35.3 Å². The zero-order valence-corrected chi connectivity index (χ0v) is 20.3. The molecule has 0 amide bonds. The third-order valence-corrected chi connectivity index (χ3v) is 6.12. The van der Waals surface area contributed by atoms with Crippen molar-refractivity contribution in [3.05, 3.63) is 40.6 Å². The first-order valence-corrected chi connectivity index (χ1v) is 11.0. The molecule has 1 saturated heterocycles. The first-order chi connectivity index (χ1) is 14.3. The minimum absolute atomic E-state index is 0. The SMILES string of the molecule is CN=C(NCCOc1ccc2c(c1)OCO2)NCC(c1cccs1)N1CCCC1.I. The number of nitrogens with zero attached hydrogens (tertiary/aromatic N) is 2. The van der Waals surface area contributed by atoms with Crippen LogP contribution in [0.1, 0.15) is 23.8 Å². The summed E-state index contributed by atoms with van der Waals surface area (Å²) in [5, 5.41) is 8.96. The Morgan fingerprint density at radius 1 is 1.20 bits per heavy atom. The Morgan fingerprint density at radius 2 is 2.03 bits per heavy atom. The van der Waals surface area contributed by atoms with Gasteiger partial charge in [0.05, 0.1) is 12.6 Å². The van der Waals surface area contributed by atoms with Crippen LogP contribution in [0.4, 0.5) is 0 Å². The summed E-state index contributed by atoms with van der Waals surface area (Å²) in [5.74, 6) is 3.05. The maximum Gasteiger partial charge on any atom is 0.231 e. The van der Waals surface area contributed by atoms with Crippen molar-refractivity contribution in [2.75, 3.05) is 46.6 Å². The van der Waals surface area contributed by atoms with Crippen molar-refractivity contribution in [2.24, 2.45) is 4.99 Å². The second kappa shape index (κ2) is 11.6. The fourth-order valence-electron chi connectivity index (χ4n) is 3.66. The molecule has 7 nitrogen and oxygen atoms in total. The Morgan fingerprint density at radius 3 is 2.80 bits per heavy atom. The standard InChI is InChI=1S/C21H28N4O3S.HI/c1-22-21(23-8-11-26-16-6-7-18-19(13-16)28-15-27-18)24-14-17(20-5-4-12-29-20)25-9-2-3-10-25;/h4-7,12-13,17H,2-3,8-11,14-15H2,1H3,(H2,22,23,24);1H. The molecule has 1 unspecified atom stereocenters. The van der Waals surface area contributed by atoms with E-state index in [2.05, 4.69) is 38.0 Å². The Bertz CT molecular complexity index is 813. The Hall–Kier alpha value is -1.72. The molecule has 1 atom stereocenters. The monoisotopic (exact) mass is 544 g/mol. The third-order valence-electron chi connectivity index (χ3n) is 5.15. The molecule has 1 fully saturated rings. The average molecular weight is 544 g/mol. The van der Waals surface area contributed by atoms with Gasteiger partial charge >= 0.3 is 0 Å². The van der Waals surface area contributed by atoms with Gasteiger partial charge in [-0.1, -0.05) is 6.07 Å². The number of aliphatic imine (C=N–C) groups is 1. The summed E-state index contributed by atoms with van der Waals surface area (Å²) in [6, 6.07) is 10.4. The molecule has 30 heavy (non-hydrogen) atoms. The Kier molecular flexibility index (Phi) is 8.88. The van der Waals surface area contributed by atoms with Gasteiger partial charge in [0.1, 0.15) is 12.4 Å². The number of likely N-dealkylation sites (tertiary alicyclic amines) is 1. The molecule has 0 saturated carbocycles. The van der Waals surface area contributed by atoms with Gasteiger partial charge in [0.15, 0.2) is 17.5 Å². The molecule has 1 aromatic heterocycles. The fourth-order valence-corrected chi connectivity index (χ4v) is 4.52. The van der Waals surface area contributed by atoms with E-state index in [1.54, 1.807) is 7.05 Å². The summed E-state index contributed by atoms with van der Waals surface area (Å²) in [6.45, 7) is 4.62. The average Bonchev–Trinajstić information content (AvgIpc) is 3.52. The van der Waals surface area contributed by atoms with E-state index >= 15 is 0 Å². The van der Waals surface area contributed by atoms with E-state index in [1.807, 2.05) is 29.5 Å². The van der Waals surface area contributed by atoms with E-state index in [9.17, 15) is 0 Å². The maximum atomic E-state index is 5.80. The number of hydrogen-bond donors (Lipinski definition) is 2. The van der Waals surface area contributed by atoms with Crippen LogP contribution in [0.25, 0.3) is 0 Å². The number of hydrogen-bond acceptors (Lipinski definition) is 6. The van der Waals surface area contributed by atoms with Gasteiger partial charge in [0, 0.05) is 24.5 Å². The largest absolute Gasteiger partial charge is 0.492 e. The van der Waals surface area contributed by atoms with Gasteiger partial charge in [0.25, 0.3) is 0 Å². The third kappa shape index (κ3) is 5.92. The predicted molar refractivity (Wildman–Crippen MR) is 131 cm³/mol. The summed E-state index contributed by atoms with van der Waals surface area (Å²) < 4.78 is 16.5. The number of fused-ring (bicyclic) bond motifs is 1. The molecule has 2 aromatic rings. The van der Waals surface area contributed by atoms with Crippen LogP contribution in [0.3, 0.4) is 0 Å². The van der Waals surface area contributed by atoms with Crippen molar-refractivity contribution >= 4 is 41.3 Å². The minimum Gasteiger partial charge on any atom is -0.492 e. The van der Waals surface area contributed by atoms with Gasteiger partial charge in [-0.2, -0.15) is 0 Å². The van der Waals surface area contributed by atoms with Crippen molar-refractivity contribution in [1.29, 1.82) is 0 Å². The van der Waals surface area contributed by atoms with E-state index in [-0.39, 0.29) is 30.8 Å². The molecular formula is C21H29IN4O3S. The molecule has 1 aromatic carbocycles. The molecule has 0 spiro atoms. The lowest BCUT2D eigenvalue weighted by Crippen LogP contribution is -2.43. The van der Waals surface area contributed by atoms with Gasteiger partial charge in [-0.05, 0) is 49.5 Å². The van der Waals surface area contributed by atoms with Crippen LogP contribution in [0.15, 0.2) is 40.7 Å². The zero-order valence-electron chi connectivity index (χ0n) is 17.1. The number of guanidine groups is 1. The number of thiophene rings is 1. The summed E-state index contributed by atoms with van der Waals surface area (Å²) in [5.41, 5.74) is 0. The van der Waals surface area contributed by atoms with Crippen molar-refractivity contribution < 1.29 is 14.2 Å². The van der Waals surface area contributed by atoms with Crippen LogP contribution in [-0.4, -0.2) is 57.5 Å². The predicted octanol–water partition coefficient (Wildman–Crippen LogP) is 3.48. The second-order valence-corrected chi connectivity index (χ2v) is 8.00. The smallest absolute Gasteiger partial charge is 0.231 e. The number of halogens is 1. The number of ether oxygens (including phenoxy) is 3. The molecule has 2 N–H and O–H groups in total. The van der Waals surface area contributed by atoms with Crippen molar-refractivity contribution in [3.63, 3.8) is 0 Å². The minimum atomic E-state index is 0. The second-order valence-electron chi connectivity index (χ2n) is 7.02. The number of nitrogens with one attached hydrogen (secondary N) is 2. The molecule has 2 aliphatic heterocycles. The van der Waals surface area contributed by atoms with E-state index in [4.69, 9.17) is 14.2 Å². The van der Waals surface area contributed by atoms with Crippen LogP contribution in [-0.2, 0) is 0 Å². The molecule has 0 radical (unpaired) electrons. The maximum absolute atomic E-state index is 5.80. The topological polar surface area (TPSA) is 67.4 Å². The van der Waals surface area contributed by atoms with Crippen molar-refractivity contribution in [2.45, 2.75) is 18.9 Å². The Labute approximate surface area is 198 Å². The molecule has 3 heterocycles. The highest BCUT2D eigenvalue weighted by Crippen LogP contribution is 2.35. The van der Waals surface area contributed by atoms with Crippen molar-refractivity contribution in [1.82, 2.24) is 15.5 Å². The first kappa shape index (κ1) is 23.0. The lowest BCUT2D eigenvalue weighted by atomic mass is 10.2. The molecule has 9 heteroatoms. The van der Waals surface area contributed by atoms with Crippen LogP contribution < -0.4 is 24.8 Å². The van der Waals surface area contributed by atoms with Crippen LogP contribution >= 0.6 is 35.3 Å². The highest BCUT2D eigenvalue weighted by atomic mass is 127. The molecule has 4 rings (SSSR count). The molecular weight excluding hydrogens is 515 g/mol. The molecule has 0 bridgehead atoms. The van der Waals surface area contributed by atoms with Gasteiger partial charge < -0.3 is 24.8 Å². The van der Waals surface area contributed by atoms with E-state index in [0.717, 1.165) is 29.8 Å². The first-order valence-electron chi connectivity index (χ1n) is 10.1. The molecule has 2 aliphatic rings. The van der Waals surface area contributed by atoms with Crippen LogP contribution in [0, 0.1) is 0 Å². The quantitative estimate of drug-likeness (QED) is 0.230. The summed E-state index contributed by atoms with van der Waals surface area (Å²) in [6.07, 6.45) is 2.57. The zero-order chi connectivity index (χ0) is 19.9. The summed E-state index contributed by atoms with van der Waals surface area (Å²) in [7, 11) is 1.80. The number of rotatable bonds is 8. The van der Waals surface area contributed by atoms with E-state index in [1.165, 1.54) is 30.8 Å². The molecule has 0 aliphatic carbocycles. The van der Waals surface area contributed by atoms with Gasteiger partial charge in [0.2, 0.25) is 6.79 Å². The van der Waals surface area contributed by atoms with Gasteiger partial charge in [-0.3, -0.25) is 9.89 Å². The Balaban J connectivity index is 0.00000256. The highest BCUT2D eigenvalue weighted by molar-refractivity contribution is 14.0. The normalized spacial score (nSPS) is 16.8. The fraction of sp³-hybridized carbons (Fsp3) is 0.476. The lowest BCUT2D eigenvalue weighted by Gasteiger charge is -2.27. The summed E-state index contributed by atoms with van der Waals surface area (Å²) in [4.78, 5) is 8.32. The van der Waals surface area contributed by atoms with E-state index < -0.39 is 0 Å². The van der Waals surface area contributed by atoms with E-state index in [0.29, 0.717) is 19.2 Å². The van der Waals surface area contributed by atoms with Crippen molar-refractivity contribution in [3.8, 4) is 17.2 Å². The van der Waals surface area contributed by atoms with Gasteiger partial charge in [-0.25, -0.2) is 0 Å². The molecule has 164 valence electrons. The lowest BCUT2D eigenvalue weighted by molar-refractivity contribution is 0.173. The van der Waals surface area contributed by atoms with Crippen LogP contribution in [0.5, 0.6) is 17.2 Å². The highest BCUT2D eigenvalue weighted by Gasteiger charge is 2.24. The summed E-state index contributed by atoms with van der Waals surface area (Å²) >= 11 is 1.82. The van der Waals surface area contributed by atoms with Crippen LogP contribution in [0.2, 0.25) is 0 Å². The number of benzene rings is 1.